The molecule has 1 aromatic heterocycles. The van der Waals surface area contributed by atoms with Gasteiger partial charge in [0.1, 0.15) is 0 Å². The molecule has 4 aromatic rings. The summed E-state index contributed by atoms with van der Waals surface area (Å²) >= 11 is 0. The van der Waals surface area contributed by atoms with Crippen molar-refractivity contribution >= 4 is 16.8 Å². The number of fused-ring (bicyclic) bond motifs is 4. The third-order valence-electron chi connectivity index (χ3n) is 8.40. The smallest absolute Gasteiger partial charge is 0.253 e. The molecule has 3 aromatic carbocycles. The van der Waals surface area contributed by atoms with E-state index in [1.807, 2.05) is 29.2 Å². The van der Waals surface area contributed by atoms with Crippen molar-refractivity contribution in [3.63, 3.8) is 0 Å². The highest BCUT2D eigenvalue weighted by Crippen LogP contribution is 2.42. The van der Waals surface area contributed by atoms with Crippen LogP contribution in [0, 0.1) is 0 Å². The Morgan fingerprint density at radius 1 is 0.950 bits per heavy atom. The van der Waals surface area contributed by atoms with Crippen LogP contribution in [0.4, 0.5) is 0 Å². The SMILES string of the molecule is CN1CCN(C(=O)c2cccc(C/C=C/N3CCc4c([nH]c5ccccc45)C3c3ccc4c(c3)OCO4)c2)CC1. The number of allylic oxidation sites excluding steroid dienone is 1. The zero-order valence-electron chi connectivity index (χ0n) is 22.8. The molecule has 40 heavy (non-hydrogen) atoms. The second kappa shape index (κ2) is 10.4. The van der Waals surface area contributed by atoms with Gasteiger partial charge in [0.15, 0.2) is 11.5 Å². The number of likely N-dealkylation sites (N-methyl/N-ethyl adjacent to an activating group) is 1. The van der Waals surface area contributed by atoms with Crippen molar-refractivity contribution in [3.8, 4) is 11.5 Å². The summed E-state index contributed by atoms with van der Waals surface area (Å²) in [5.41, 5.74) is 6.87. The van der Waals surface area contributed by atoms with E-state index in [9.17, 15) is 4.79 Å². The molecule has 0 aliphatic carbocycles. The first-order chi connectivity index (χ1) is 19.6. The lowest BCUT2D eigenvalue weighted by Gasteiger charge is -2.35. The molecule has 204 valence electrons. The van der Waals surface area contributed by atoms with E-state index in [2.05, 4.69) is 76.6 Å². The first-order valence-corrected chi connectivity index (χ1v) is 14.1. The Bertz CT molecular complexity index is 1580. The lowest BCUT2D eigenvalue weighted by atomic mass is 9.92. The average Bonchev–Trinajstić information content (AvgIpc) is 3.61. The lowest BCUT2D eigenvalue weighted by Crippen LogP contribution is -2.47. The van der Waals surface area contributed by atoms with Gasteiger partial charge in [0, 0.05) is 54.9 Å². The van der Waals surface area contributed by atoms with Gasteiger partial charge in [0.05, 0.1) is 6.04 Å². The van der Waals surface area contributed by atoms with E-state index >= 15 is 0 Å². The number of benzene rings is 3. The van der Waals surface area contributed by atoms with Crippen molar-refractivity contribution in [1.29, 1.82) is 0 Å². The van der Waals surface area contributed by atoms with Gasteiger partial charge < -0.3 is 29.2 Å². The Labute approximate surface area is 234 Å². The molecule has 4 heterocycles. The number of ether oxygens (including phenoxy) is 2. The molecule has 0 saturated carbocycles. The quantitative estimate of drug-likeness (QED) is 0.391. The number of carbonyl (C=O) groups is 1. The van der Waals surface area contributed by atoms with E-state index in [0.717, 1.165) is 68.2 Å². The zero-order chi connectivity index (χ0) is 27.1. The van der Waals surface area contributed by atoms with Crippen molar-refractivity contribution < 1.29 is 14.3 Å². The number of piperazine rings is 1. The van der Waals surface area contributed by atoms with Crippen LogP contribution in [0.1, 0.15) is 38.8 Å². The molecule has 0 radical (unpaired) electrons. The summed E-state index contributed by atoms with van der Waals surface area (Å²) in [6, 6.07) is 23.0. The molecular weight excluding hydrogens is 500 g/mol. The third kappa shape index (κ3) is 4.60. The van der Waals surface area contributed by atoms with Crippen LogP contribution in [-0.2, 0) is 12.8 Å². The summed E-state index contributed by atoms with van der Waals surface area (Å²) in [4.78, 5) is 23.5. The summed E-state index contributed by atoms with van der Waals surface area (Å²) in [7, 11) is 2.10. The number of nitrogens with zero attached hydrogens (tertiary/aromatic N) is 3. The lowest BCUT2D eigenvalue weighted by molar-refractivity contribution is 0.0664. The Kier molecular flexibility index (Phi) is 6.44. The molecule has 1 saturated heterocycles. The average molecular weight is 535 g/mol. The predicted octanol–water partition coefficient (Wildman–Crippen LogP) is 4.99. The number of aromatic nitrogens is 1. The van der Waals surface area contributed by atoms with Crippen molar-refractivity contribution in [2.75, 3.05) is 46.6 Å². The van der Waals surface area contributed by atoms with Gasteiger partial charge in [0.2, 0.25) is 6.79 Å². The Morgan fingerprint density at radius 2 is 1.80 bits per heavy atom. The Balaban J connectivity index is 1.14. The minimum atomic E-state index is 0.0343. The molecule has 3 aliphatic heterocycles. The molecule has 7 rings (SSSR count). The van der Waals surface area contributed by atoms with Gasteiger partial charge in [-0.25, -0.2) is 0 Å². The molecule has 7 nitrogen and oxygen atoms in total. The highest BCUT2D eigenvalue weighted by molar-refractivity contribution is 5.94. The maximum Gasteiger partial charge on any atom is 0.253 e. The van der Waals surface area contributed by atoms with Gasteiger partial charge in [-0.15, -0.1) is 0 Å². The van der Waals surface area contributed by atoms with Crippen molar-refractivity contribution in [3.05, 3.63) is 107 Å². The number of H-pyrrole nitrogens is 1. The molecule has 1 unspecified atom stereocenters. The molecule has 0 spiro atoms. The fourth-order valence-electron chi connectivity index (χ4n) is 6.21. The van der Waals surface area contributed by atoms with E-state index in [0.29, 0.717) is 0 Å². The van der Waals surface area contributed by atoms with Crippen LogP contribution in [-0.4, -0.2) is 72.2 Å². The zero-order valence-corrected chi connectivity index (χ0v) is 22.8. The molecule has 3 aliphatic rings. The van der Waals surface area contributed by atoms with Crippen LogP contribution in [0.25, 0.3) is 10.9 Å². The fraction of sp³-hybridized carbons (Fsp3) is 0.303. The van der Waals surface area contributed by atoms with Gasteiger partial charge in [0.25, 0.3) is 5.91 Å². The first-order valence-electron chi connectivity index (χ1n) is 14.1. The first kappa shape index (κ1) is 24.8. The topological polar surface area (TPSA) is 61.0 Å². The van der Waals surface area contributed by atoms with Gasteiger partial charge in [-0.05, 0) is 73.1 Å². The molecule has 0 bridgehead atoms. The molecular formula is C33H34N4O3. The van der Waals surface area contributed by atoms with Crippen LogP contribution >= 0.6 is 0 Å². The second-order valence-corrected chi connectivity index (χ2v) is 11.0. The third-order valence-corrected chi connectivity index (χ3v) is 8.40. The number of rotatable bonds is 5. The van der Waals surface area contributed by atoms with Gasteiger partial charge in [-0.3, -0.25) is 4.79 Å². The summed E-state index contributed by atoms with van der Waals surface area (Å²) in [6.07, 6.45) is 6.17. The Hall–Kier alpha value is -4.23. The number of amides is 1. The van der Waals surface area contributed by atoms with E-state index in [1.165, 1.54) is 27.7 Å². The number of nitrogens with one attached hydrogen (secondary N) is 1. The normalized spacial score (nSPS) is 19.0. The maximum atomic E-state index is 13.1. The summed E-state index contributed by atoms with van der Waals surface area (Å²) in [5, 5.41) is 1.30. The summed E-state index contributed by atoms with van der Waals surface area (Å²) < 4.78 is 11.3. The molecule has 1 atom stereocenters. The van der Waals surface area contributed by atoms with E-state index in [-0.39, 0.29) is 18.7 Å². The standard InChI is InChI=1S/C33H34N4O3/c1-35-16-18-37(19-17-35)33(38)25-8-4-6-23(20-25)7-5-14-36-15-13-27-26-9-2-3-10-28(26)34-31(27)32(36)24-11-12-29-30(21-24)40-22-39-29/h2-6,8-12,14,20-21,32,34H,7,13,15-19,22H2,1H3/b14-5+. The number of aromatic amines is 1. The fourth-order valence-corrected chi connectivity index (χ4v) is 6.21. The molecule has 1 amide bonds. The van der Waals surface area contributed by atoms with Crippen LogP contribution in [0.5, 0.6) is 11.5 Å². The number of para-hydroxylation sites is 1. The van der Waals surface area contributed by atoms with Crippen molar-refractivity contribution in [2.45, 2.75) is 18.9 Å². The van der Waals surface area contributed by atoms with Gasteiger partial charge in [-0.2, -0.15) is 0 Å². The van der Waals surface area contributed by atoms with Gasteiger partial charge >= 0.3 is 0 Å². The highest BCUT2D eigenvalue weighted by atomic mass is 16.7. The number of hydrogen-bond acceptors (Lipinski definition) is 5. The minimum Gasteiger partial charge on any atom is -0.454 e. The van der Waals surface area contributed by atoms with Crippen LogP contribution in [0.15, 0.2) is 79.0 Å². The molecule has 1 N–H and O–H groups in total. The maximum absolute atomic E-state index is 13.1. The van der Waals surface area contributed by atoms with Crippen molar-refractivity contribution in [1.82, 2.24) is 19.7 Å². The van der Waals surface area contributed by atoms with Crippen molar-refractivity contribution in [2.24, 2.45) is 0 Å². The van der Waals surface area contributed by atoms with E-state index < -0.39 is 0 Å². The minimum absolute atomic E-state index is 0.0343. The number of hydrogen-bond donors (Lipinski definition) is 1. The second-order valence-electron chi connectivity index (χ2n) is 11.0. The van der Waals surface area contributed by atoms with Gasteiger partial charge in [-0.1, -0.05) is 42.5 Å². The van der Waals surface area contributed by atoms with Crippen LogP contribution in [0.2, 0.25) is 0 Å². The Morgan fingerprint density at radius 3 is 2.70 bits per heavy atom. The summed E-state index contributed by atoms with van der Waals surface area (Å²) in [5.74, 6) is 1.72. The molecule has 1 fully saturated rings. The van der Waals surface area contributed by atoms with Crippen LogP contribution < -0.4 is 9.47 Å². The largest absolute Gasteiger partial charge is 0.454 e. The molecule has 7 heteroatoms. The highest BCUT2D eigenvalue weighted by Gasteiger charge is 2.31. The van der Waals surface area contributed by atoms with Crippen LogP contribution in [0.3, 0.4) is 0 Å². The predicted molar refractivity (Wildman–Crippen MR) is 156 cm³/mol. The van der Waals surface area contributed by atoms with E-state index in [4.69, 9.17) is 9.47 Å². The monoisotopic (exact) mass is 534 g/mol. The summed E-state index contributed by atoms with van der Waals surface area (Å²) in [6.45, 7) is 4.59. The number of carbonyl (C=O) groups excluding carboxylic acids is 1. The van der Waals surface area contributed by atoms with E-state index in [1.54, 1.807) is 0 Å².